The van der Waals surface area contributed by atoms with E-state index < -0.39 is 42.6 Å². The van der Waals surface area contributed by atoms with E-state index >= 15 is 0 Å². The smallest absolute Gasteiger partial charge is 0.186 e. The van der Waals surface area contributed by atoms with E-state index in [4.69, 9.17) is 18.9 Å². The first kappa shape index (κ1) is 16.8. The molecule has 2 aliphatic heterocycles. The molecule has 2 fully saturated rings. The Bertz CT molecular complexity index is 519. The molecule has 6 atom stereocenters. The van der Waals surface area contributed by atoms with Gasteiger partial charge in [-0.05, 0) is 19.4 Å². The number of hydrogen-bond acceptors (Lipinski definition) is 6. The van der Waals surface area contributed by atoms with Crippen molar-refractivity contribution in [3.63, 3.8) is 0 Å². The van der Waals surface area contributed by atoms with Crippen LogP contribution in [-0.4, -0.2) is 59.9 Å². The highest BCUT2D eigenvalue weighted by Gasteiger charge is 2.56. The number of fused-ring (bicyclic) bond motifs is 1. The quantitative estimate of drug-likeness (QED) is 0.855. The van der Waals surface area contributed by atoms with Gasteiger partial charge in [0.25, 0.3) is 0 Å². The van der Waals surface area contributed by atoms with Crippen LogP contribution < -0.4 is 0 Å². The normalized spacial score (nSPS) is 37.3. The van der Waals surface area contributed by atoms with Crippen LogP contribution >= 0.6 is 0 Å². The zero-order valence-corrected chi connectivity index (χ0v) is 13.6. The molecule has 1 aromatic rings. The molecule has 0 aliphatic carbocycles. The molecule has 2 heterocycles. The molecular weight excluding hydrogens is 300 g/mol. The molecule has 0 amide bonds. The Hall–Kier alpha value is -1.02. The molecule has 0 bridgehead atoms. The average Bonchev–Trinajstić information content (AvgIpc) is 2.84. The van der Waals surface area contributed by atoms with Crippen LogP contribution in [0.3, 0.4) is 0 Å². The van der Waals surface area contributed by atoms with Crippen molar-refractivity contribution >= 4 is 0 Å². The van der Waals surface area contributed by atoms with Crippen molar-refractivity contribution < 1.29 is 29.2 Å². The molecule has 1 aromatic carbocycles. The molecule has 2 aliphatic rings. The second kappa shape index (κ2) is 6.47. The number of aliphatic hydroxyl groups is 2. The fraction of sp³-hybridized carbons (Fsp3) is 0.647. The largest absolute Gasteiger partial charge is 0.390 e. The zero-order valence-electron chi connectivity index (χ0n) is 13.6. The Labute approximate surface area is 135 Å². The van der Waals surface area contributed by atoms with Crippen molar-refractivity contribution in [2.75, 3.05) is 7.11 Å². The highest BCUT2D eigenvalue weighted by Crippen LogP contribution is 2.38. The lowest BCUT2D eigenvalue weighted by Gasteiger charge is -2.41. The SMILES string of the molecule is CO[C@H]1O[C@H](C(O)Cc2ccccc2)[C@@H]2OC(C)(C)O[C@@H]2[C@H]1O. The molecule has 1 unspecified atom stereocenters. The maximum atomic E-state index is 10.6. The minimum absolute atomic E-state index is 0.422. The summed E-state index contributed by atoms with van der Waals surface area (Å²) in [6.07, 6.45) is -3.99. The van der Waals surface area contributed by atoms with E-state index in [9.17, 15) is 10.2 Å². The number of aliphatic hydroxyl groups excluding tert-OH is 2. The number of hydrogen-bond donors (Lipinski definition) is 2. The van der Waals surface area contributed by atoms with Crippen LogP contribution in [0, 0.1) is 0 Å². The van der Waals surface area contributed by atoms with Crippen LogP contribution in [0.15, 0.2) is 30.3 Å². The van der Waals surface area contributed by atoms with Gasteiger partial charge in [-0.1, -0.05) is 30.3 Å². The number of ether oxygens (including phenoxy) is 4. The van der Waals surface area contributed by atoms with E-state index in [1.807, 2.05) is 30.3 Å². The number of rotatable bonds is 4. The molecule has 23 heavy (non-hydrogen) atoms. The Balaban J connectivity index is 1.79. The maximum Gasteiger partial charge on any atom is 0.186 e. The predicted molar refractivity (Wildman–Crippen MR) is 81.7 cm³/mol. The van der Waals surface area contributed by atoms with Gasteiger partial charge in [-0.25, -0.2) is 0 Å². The summed E-state index contributed by atoms with van der Waals surface area (Å²) in [6.45, 7) is 3.56. The van der Waals surface area contributed by atoms with Gasteiger partial charge in [0.05, 0.1) is 6.10 Å². The molecule has 6 nitrogen and oxygen atoms in total. The lowest BCUT2D eigenvalue weighted by Crippen LogP contribution is -2.60. The van der Waals surface area contributed by atoms with Gasteiger partial charge in [0.15, 0.2) is 12.1 Å². The topological polar surface area (TPSA) is 77.4 Å². The first-order valence-electron chi connectivity index (χ1n) is 7.85. The predicted octanol–water partition coefficient (Wildman–Crippen LogP) is 0.842. The van der Waals surface area contributed by atoms with Crippen molar-refractivity contribution in [3.05, 3.63) is 35.9 Å². The van der Waals surface area contributed by atoms with Gasteiger partial charge in [0, 0.05) is 13.5 Å². The molecule has 2 N–H and O–H groups in total. The molecule has 2 saturated heterocycles. The van der Waals surface area contributed by atoms with E-state index in [1.165, 1.54) is 7.11 Å². The van der Waals surface area contributed by atoms with Crippen molar-refractivity contribution in [1.82, 2.24) is 0 Å². The lowest BCUT2D eigenvalue weighted by molar-refractivity contribution is -0.284. The monoisotopic (exact) mass is 324 g/mol. The summed E-state index contributed by atoms with van der Waals surface area (Å²) in [7, 11) is 1.45. The van der Waals surface area contributed by atoms with Gasteiger partial charge < -0.3 is 29.2 Å². The molecular formula is C17H24O6. The highest BCUT2D eigenvalue weighted by atomic mass is 16.8. The minimum atomic E-state index is -0.966. The Morgan fingerprint density at radius 2 is 1.83 bits per heavy atom. The van der Waals surface area contributed by atoms with Gasteiger partial charge in [-0.3, -0.25) is 0 Å². The van der Waals surface area contributed by atoms with Crippen molar-refractivity contribution in [1.29, 1.82) is 0 Å². The molecule has 0 radical (unpaired) electrons. The minimum Gasteiger partial charge on any atom is -0.390 e. The van der Waals surface area contributed by atoms with E-state index in [0.29, 0.717) is 6.42 Å². The Kier molecular flexibility index (Phi) is 4.73. The van der Waals surface area contributed by atoms with Crippen LogP contribution in [0.5, 0.6) is 0 Å². The van der Waals surface area contributed by atoms with Crippen LogP contribution in [0.2, 0.25) is 0 Å². The van der Waals surface area contributed by atoms with Crippen LogP contribution in [-0.2, 0) is 25.4 Å². The summed E-state index contributed by atoms with van der Waals surface area (Å²) in [5, 5.41) is 21.0. The molecule has 6 heteroatoms. The second-order valence-corrected chi connectivity index (χ2v) is 6.52. The fourth-order valence-corrected chi connectivity index (χ4v) is 3.28. The first-order chi connectivity index (χ1) is 10.9. The number of methoxy groups -OCH3 is 1. The molecule has 3 rings (SSSR count). The Morgan fingerprint density at radius 3 is 2.48 bits per heavy atom. The summed E-state index contributed by atoms with van der Waals surface area (Å²) in [5.74, 6) is -0.840. The van der Waals surface area contributed by atoms with Crippen molar-refractivity contribution in [2.45, 2.75) is 62.9 Å². The van der Waals surface area contributed by atoms with Gasteiger partial charge >= 0.3 is 0 Å². The third-order valence-electron chi connectivity index (χ3n) is 4.29. The molecule has 0 aromatic heterocycles. The van der Waals surface area contributed by atoms with Crippen molar-refractivity contribution in [2.24, 2.45) is 0 Å². The van der Waals surface area contributed by atoms with Gasteiger partial charge in [0.2, 0.25) is 0 Å². The molecule has 0 spiro atoms. The summed E-state index contributed by atoms with van der Waals surface area (Å²) in [4.78, 5) is 0. The highest BCUT2D eigenvalue weighted by molar-refractivity contribution is 5.16. The summed E-state index contributed by atoms with van der Waals surface area (Å²) in [6, 6.07) is 9.67. The van der Waals surface area contributed by atoms with Crippen LogP contribution in [0.4, 0.5) is 0 Å². The lowest BCUT2D eigenvalue weighted by atomic mass is 9.92. The van der Waals surface area contributed by atoms with Gasteiger partial charge in [-0.15, -0.1) is 0 Å². The summed E-state index contributed by atoms with van der Waals surface area (Å²) >= 11 is 0. The second-order valence-electron chi connectivity index (χ2n) is 6.52. The van der Waals surface area contributed by atoms with Gasteiger partial charge in [0.1, 0.15) is 24.4 Å². The third-order valence-corrected chi connectivity index (χ3v) is 4.29. The molecule has 0 saturated carbocycles. The van der Waals surface area contributed by atoms with E-state index in [0.717, 1.165) is 5.56 Å². The zero-order chi connectivity index (χ0) is 16.6. The molecule has 128 valence electrons. The van der Waals surface area contributed by atoms with Crippen LogP contribution in [0.25, 0.3) is 0 Å². The maximum absolute atomic E-state index is 10.6. The first-order valence-corrected chi connectivity index (χ1v) is 7.85. The standard InChI is InChI=1S/C17H24O6/c1-17(2)22-14-12(19)16(20-3)21-13(15(14)23-17)11(18)9-10-7-5-4-6-8-10/h4-8,11-16,18-19H,9H2,1-3H3/t11?,12-,13-,14-,15+,16+/m1/s1. The van der Waals surface area contributed by atoms with Gasteiger partial charge in [-0.2, -0.15) is 0 Å². The van der Waals surface area contributed by atoms with E-state index in [-0.39, 0.29) is 0 Å². The summed E-state index contributed by atoms with van der Waals surface area (Å²) < 4.78 is 22.6. The van der Waals surface area contributed by atoms with E-state index in [1.54, 1.807) is 13.8 Å². The third kappa shape index (κ3) is 3.42. The van der Waals surface area contributed by atoms with E-state index in [2.05, 4.69) is 0 Å². The Morgan fingerprint density at radius 1 is 1.17 bits per heavy atom. The average molecular weight is 324 g/mol. The van der Waals surface area contributed by atoms with Crippen LogP contribution in [0.1, 0.15) is 19.4 Å². The number of benzene rings is 1. The van der Waals surface area contributed by atoms with Crippen molar-refractivity contribution in [3.8, 4) is 0 Å². The summed E-state index contributed by atoms with van der Waals surface area (Å²) in [5.41, 5.74) is 0.999. The fourth-order valence-electron chi connectivity index (χ4n) is 3.28.